The molecular weight excluding hydrogens is 244 g/mol. The van der Waals surface area contributed by atoms with E-state index in [1.165, 1.54) is 0 Å². The highest BCUT2D eigenvalue weighted by Crippen LogP contribution is 2.18. The van der Waals surface area contributed by atoms with E-state index in [-0.39, 0.29) is 6.03 Å². The van der Waals surface area contributed by atoms with Gasteiger partial charge in [-0.15, -0.1) is 0 Å². The smallest absolute Gasteiger partial charge is 0.322 e. The molecule has 0 aliphatic carbocycles. The number of amides is 2. The Morgan fingerprint density at radius 2 is 2.21 bits per heavy atom. The second kappa shape index (κ2) is 6.99. The maximum atomic E-state index is 12.0. The number of ether oxygens (including phenoxy) is 2. The average Bonchev–Trinajstić information content (AvgIpc) is 2.46. The zero-order valence-corrected chi connectivity index (χ0v) is 11.2. The highest BCUT2D eigenvalue weighted by atomic mass is 16.5. The predicted molar refractivity (Wildman–Crippen MR) is 73.6 cm³/mol. The van der Waals surface area contributed by atoms with Gasteiger partial charge in [-0.2, -0.15) is 0 Å². The van der Waals surface area contributed by atoms with Gasteiger partial charge < -0.3 is 19.7 Å². The van der Waals surface area contributed by atoms with Gasteiger partial charge in [0.05, 0.1) is 19.8 Å². The minimum atomic E-state index is -0.0871. The predicted octanol–water partition coefficient (Wildman–Crippen LogP) is 2.34. The van der Waals surface area contributed by atoms with Gasteiger partial charge in [-0.3, -0.25) is 0 Å². The van der Waals surface area contributed by atoms with Crippen LogP contribution in [0, 0.1) is 0 Å². The van der Waals surface area contributed by atoms with Gasteiger partial charge in [-0.1, -0.05) is 13.0 Å². The molecule has 2 rings (SSSR count). The first-order valence-electron chi connectivity index (χ1n) is 6.66. The second-order valence-electron chi connectivity index (χ2n) is 4.41. The first kappa shape index (κ1) is 13.7. The number of nitrogens with one attached hydrogen (secondary N) is 1. The molecule has 1 heterocycles. The highest BCUT2D eigenvalue weighted by molar-refractivity contribution is 5.89. The standard InChI is InChI=1S/C14H20N2O3/c1-2-8-19-13-5-3-4-12(11-13)15-14(17)16-6-9-18-10-7-16/h3-5,11H,2,6-10H2,1H3,(H,15,17). The topological polar surface area (TPSA) is 50.8 Å². The molecular formula is C14H20N2O3. The van der Waals surface area contributed by atoms with E-state index in [1.807, 2.05) is 24.3 Å². The molecule has 0 unspecified atom stereocenters. The molecule has 2 amide bonds. The lowest BCUT2D eigenvalue weighted by atomic mass is 10.3. The molecule has 0 bridgehead atoms. The van der Waals surface area contributed by atoms with E-state index < -0.39 is 0 Å². The fourth-order valence-corrected chi connectivity index (χ4v) is 1.85. The summed E-state index contributed by atoms with van der Waals surface area (Å²) in [6.07, 6.45) is 0.963. The molecule has 1 aromatic carbocycles. The summed E-state index contributed by atoms with van der Waals surface area (Å²) in [4.78, 5) is 13.8. The van der Waals surface area contributed by atoms with Crippen molar-refractivity contribution in [2.45, 2.75) is 13.3 Å². The van der Waals surface area contributed by atoms with Crippen LogP contribution in [0.3, 0.4) is 0 Å². The minimum absolute atomic E-state index is 0.0871. The van der Waals surface area contributed by atoms with Gasteiger partial charge in [0, 0.05) is 24.8 Å². The van der Waals surface area contributed by atoms with E-state index >= 15 is 0 Å². The van der Waals surface area contributed by atoms with Crippen LogP contribution in [0.4, 0.5) is 10.5 Å². The number of urea groups is 1. The van der Waals surface area contributed by atoms with Crippen LogP contribution in [0.2, 0.25) is 0 Å². The first-order chi connectivity index (χ1) is 9.29. The number of nitrogens with zero attached hydrogens (tertiary/aromatic N) is 1. The third kappa shape index (κ3) is 4.13. The lowest BCUT2D eigenvalue weighted by Gasteiger charge is -2.26. The number of carbonyl (C=O) groups is 1. The molecule has 1 aromatic rings. The monoisotopic (exact) mass is 264 g/mol. The molecule has 1 fully saturated rings. The maximum absolute atomic E-state index is 12.0. The number of carbonyl (C=O) groups excluding carboxylic acids is 1. The zero-order chi connectivity index (χ0) is 13.5. The average molecular weight is 264 g/mol. The second-order valence-corrected chi connectivity index (χ2v) is 4.41. The van der Waals surface area contributed by atoms with Gasteiger partial charge in [0.15, 0.2) is 0 Å². The van der Waals surface area contributed by atoms with Gasteiger partial charge >= 0.3 is 6.03 Å². The summed E-state index contributed by atoms with van der Waals surface area (Å²) in [6.45, 7) is 5.22. The summed E-state index contributed by atoms with van der Waals surface area (Å²) in [5.41, 5.74) is 0.755. The third-order valence-corrected chi connectivity index (χ3v) is 2.86. The Morgan fingerprint density at radius 3 is 2.95 bits per heavy atom. The molecule has 19 heavy (non-hydrogen) atoms. The van der Waals surface area contributed by atoms with E-state index in [0.29, 0.717) is 32.9 Å². The Labute approximate surface area is 113 Å². The number of hydrogen-bond donors (Lipinski definition) is 1. The van der Waals surface area contributed by atoms with E-state index in [9.17, 15) is 4.79 Å². The van der Waals surface area contributed by atoms with Gasteiger partial charge in [0.2, 0.25) is 0 Å². The molecule has 1 N–H and O–H groups in total. The van der Waals surface area contributed by atoms with Crippen molar-refractivity contribution in [1.82, 2.24) is 4.90 Å². The lowest BCUT2D eigenvalue weighted by Crippen LogP contribution is -2.43. The molecule has 0 radical (unpaired) electrons. The number of hydrogen-bond acceptors (Lipinski definition) is 3. The van der Waals surface area contributed by atoms with Crippen LogP contribution in [0.15, 0.2) is 24.3 Å². The summed E-state index contributed by atoms with van der Waals surface area (Å²) in [6, 6.07) is 7.38. The maximum Gasteiger partial charge on any atom is 0.322 e. The van der Waals surface area contributed by atoms with Crippen molar-refractivity contribution < 1.29 is 14.3 Å². The van der Waals surface area contributed by atoms with Crippen LogP contribution in [-0.4, -0.2) is 43.8 Å². The largest absolute Gasteiger partial charge is 0.494 e. The number of rotatable bonds is 4. The number of benzene rings is 1. The molecule has 1 saturated heterocycles. The van der Waals surface area contributed by atoms with Gasteiger partial charge in [0.25, 0.3) is 0 Å². The molecule has 0 spiro atoms. The molecule has 0 aromatic heterocycles. The summed E-state index contributed by atoms with van der Waals surface area (Å²) in [7, 11) is 0. The fraction of sp³-hybridized carbons (Fsp3) is 0.500. The summed E-state index contributed by atoms with van der Waals surface area (Å²) in [5, 5.41) is 2.88. The van der Waals surface area contributed by atoms with Gasteiger partial charge in [-0.25, -0.2) is 4.79 Å². The van der Waals surface area contributed by atoms with Crippen LogP contribution in [0.25, 0.3) is 0 Å². The van der Waals surface area contributed by atoms with Crippen molar-refractivity contribution in [3.63, 3.8) is 0 Å². The van der Waals surface area contributed by atoms with Crippen LogP contribution in [-0.2, 0) is 4.74 Å². The van der Waals surface area contributed by atoms with Crippen molar-refractivity contribution in [2.24, 2.45) is 0 Å². The molecule has 0 saturated carbocycles. The van der Waals surface area contributed by atoms with Crippen molar-refractivity contribution in [1.29, 1.82) is 0 Å². The van der Waals surface area contributed by atoms with Crippen LogP contribution in [0.5, 0.6) is 5.75 Å². The van der Waals surface area contributed by atoms with Crippen molar-refractivity contribution >= 4 is 11.7 Å². The molecule has 1 aliphatic rings. The quantitative estimate of drug-likeness (QED) is 0.908. The summed E-state index contributed by atoms with van der Waals surface area (Å²) in [5.74, 6) is 0.779. The fourth-order valence-electron chi connectivity index (χ4n) is 1.85. The number of morpholine rings is 1. The molecule has 5 nitrogen and oxygen atoms in total. The Morgan fingerprint density at radius 1 is 1.42 bits per heavy atom. The van der Waals surface area contributed by atoms with Crippen LogP contribution in [0.1, 0.15) is 13.3 Å². The summed E-state index contributed by atoms with van der Waals surface area (Å²) < 4.78 is 10.8. The normalized spacial score (nSPS) is 15.1. The Kier molecular flexibility index (Phi) is 5.03. The Hall–Kier alpha value is -1.75. The SMILES string of the molecule is CCCOc1cccc(NC(=O)N2CCOCC2)c1. The van der Waals surface area contributed by atoms with Crippen LogP contribution >= 0.6 is 0 Å². The van der Waals surface area contributed by atoms with E-state index in [0.717, 1.165) is 17.9 Å². The highest BCUT2D eigenvalue weighted by Gasteiger charge is 2.16. The molecule has 1 aliphatic heterocycles. The van der Waals surface area contributed by atoms with Crippen molar-refractivity contribution in [3.8, 4) is 5.75 Å². The van der Waals surface area contributed by atoms with Crippen molar-refractivity contribution in [2.75, 3.05) is 38.2 Å². The van der Waals surface area contributed by atoms with Gasteiger partial charge in [0.1, 0.15) is 5.75 Å². The number of anilines is 1. The van der Waals surface area contributed by atoms with E-state index in [4.69, 9.17) is 9.47 Å². The van der Waals surface area contributed by atoms with Crippen LogP contribution < -0.4 is 10.1 Å². The summed E-state index contributed by atoms with van der Waals surface area (Å²) >= 11 is 0. The molecule has 0 atom stereocenters. The minimum Gasteiger partial charge on any atom is -0.494 e. The van der Waals surface area contributed by atoms with E-state index in [1.54, 1.807) is 4.90 Å². The molecule has 104 valence electrons. The lowest BCUT2D eigenvalue weighted by molar-refractivity contribution is 0.0564. The Balaban J connectivity index is 1.92. The van der Waals surface area contributed by atoms with Crippen molar-refractivity contribution in [3.05, 3.63) is 24.3 Å². The Bertz CT molecular complexity index is 417. The zero-order valence-electron chi connectivity index (χ0n) is 11.2. The first-order valence-corrected chi connectivity index (χ1v) is 6.66. The van der Waals surface area contributed by atoms with E-state index in [2.05, 4.69) is 12.2 Å². The third-order valence-electron chi connectivity index (χ3n) is 2.86. The van der Waals surface area contributed by atoms with Gasteiger partial charge in [-0.05, 0) is 18.6 Å². The molecule has 5 heteroatoms.